The van der Waals surface area contributed by atoms with Gasteiger partial charge in [0.2, 0.25) is 0 Å². The molecule has 3 N–H and O–H groups in total. The molecule has 0 radical (unpaired) electrons. The van der Waals surface area contributed by atoms with Crippen molar-refractivity contribution in [1.29, 1.82) is 5.26 Å². The van der Waals surface area contributed by atoms with Crippen molar-refractivity contribution in [3.05, 3.63) is 75.7 Å². The summed E-state index contributed by atoms with van der Waals surface area (Å²) in [6.07, 6.45) is 0.661. The molecule has 0 bridgehead atoms. The predicted molar refractivity (Wildman–Crippen MR) is 139 cm³/mol. The zero-order valence-electron chi connectivity index (χ0n) is 20.3. The van der Waals surface area contributed by atoms with Gasteiger partial charge in [-0.2, -0.15) is 5.26 Å². The third kappa shape index (κ3) is 4.96. The summed E-state index contributed by atoms with van der Waals surface area (Å²) in [5, 5.41) is 16.9. The highest BCUT2D eigenvalue weighted by molar-refractivity contribution is 7.92. The fraction of sp³-hybridized carbons (Fsp3) is 0.308. The summed E-state index contributed by atoms with van der Waals surface area (Å²) < 4.78 is 28.4. The number of para-hydroxylation sites is 1. The third-order valence-corrected chi connectivity index (χ3v) is 8.78. The lowest BCUT2D eigenvalue weighted by Crippen LogP contribution is -2.54. The van der Waals surface area contributed by atoms with E-state index in [-0.39, 0.29) is 27.2 Å². The van der Waals surface area contributed by atoms with Gasteiger partial charge in [0.1, 0.15) is 11.1 Å². The molecule has 1 aliphatic rings. The first-order valence-electron chi connectivity index (χ1n) is 11.2. The molecule has 182 valence electrons. The summed E-state index contributed by atoms with van der Waals surface area (Å²) in [4.78, 5) is 14.4. The van der Waals surface area contributed by atoms with Crippen LogP contribution in [0.15, 0.2) is 53.4 Å². The van der Waals surface area contributed by atoms with Gasteiger partial charge in [-0.05, 0) is 70.9 Å². The minimum absolute atomic E-state index is 0.105. The molecule has 0 fully saturated rings. The number of anilines is 2. The number of amides is 1. The largest absolute Gasteiger partial charge is 0.312 e. The number of rotatable bonds is 5. The van der Waals surface area contributed by atoms with Crippen LogP contribution >= 0.6 is 11.3 Å². The van der Waals surface area contributed by atoms with Crippen molar-refractivity contribution in [1.82, 2.24) is 5.32 Å². The average molecular weight is 509 g/mol. The molecule has 1 amide bonds. The number of nitriles is 1. The maximum absolute atomic E-state index is 13.3. The second-order valence-corrected chi connectivity index (χ2v) is 12.7. The van der Waals surface area contributed by atoms with Crippen LogP contribution in [0.25, 0.3) is 0 Å². The summed E-state index contributed by atoms with van der Waals surface area (Å²) in [5.41, 5.74) is 2.10. The lowest BCUT2D eigenvalue weighted by atomic mass is 9.81. The Labute approximate surface area is 210 Å². The molecular formula is C26H28N4O3S2. The molecule has 3 aromatic rings. The van der Waals surface area contributed by atoms with Gasteiger partial charge in [0.15, 0.2) is 0 Å². The Morgan fingerprint density at radius 3 is 2.40 bits per heavy atom. The maximum Gasteiger partial charge on any atom is 0.261 e. The SMILES string of the molecule is Cc1ccc(S(=O)(=O)Nc2ccccc2C(=O)Nc2sc3c(c2C#N)CC(C)(C)NC3(C)C)cc1. The van der Waals surface area contributed by atoms with Crippen LogP contribution < -0.4 is 15.4 Å². The van der Waals surface area contributed by atoms with Crippen LogP contribution in [0.3, 0.4) is 0 Å². The van der Waals surface area contributed by atoms with Gasteiger partial charge in [-0.15, -0.1) is 11.3 Å². The van der Waals surface area contributed by atoms with Crippen LogP contribution in [-0.4, -0.2) is 19.9 Å². The maximum atomic E-state index is 13.3. The van der Waals surface area contributed by atoms with E-state index in [2.05, 4.69) is 49.1 Å². The molecule has 7 nitrogen and oxygen atoms in total. The van der Waals surface area contributed by atoms with Crippen LogP contribution in [0.1, 0.15) is 59.6 Å². The van der Waals surface area contributed by atoms with Gasteiger partial charge in [0.05, 0.1) is 21.7 Å². The molecule has 4 rings (SSSR count). The summed E-state index contributed by atoms with van der Waals surface area (Å²) in [6, 6.07) is 15.2. The van der Waals surface area contributed by atoms with E-state index in [0.29, 0.717) is 17.0 Å². The van der Waals surface area contributed by atoms with Crippen molar-refractivity contribution in [3.63, 3.8) is 0 Å². The quantitative estimate of drug-likeness (QED) is 0.442. The number of carbonyl (C=O) groups is 1. The number of benzene rings is 2. The topological polar surface area (TPSA) is 111 Å². The molecular weight excluding hydrogens is 480 g/mol. The summed E-state index contributed by atoms with van der Waals surface area (Å²) in [5.74, 6) is -0.493. The van der Waals surface area contributed by atoms with Crippen LogP contribution in [0.2, 0.25) is 0 Å². The zero-order chi connectivity index (χ0) is 25.6. The van der Waals surface area contributed by atoms with E-state index in [1.807, 2.05) is 6.92 Å². The molecule has 9 heteroatoms. The number of nitrogens with zero attached hydrogens (tertiary/aromatic N) is 1. The number of hydrogen-bond donors (Lipinski definition) is 3. The number of sulfonamides is 1. The van der Waals surface area contributed by atoms with Crippen molar-refractivity contribution in [2.75, 3.05) is 10.0 Å². The number of aryl methyl sites for hydroxylation is 1. The first kappa shape index (κ1) is 24.9. The Kier molecular flexibility index (Phi) is 6.26. The van der Waals surface area contributed by atoms with Crippen molar-refractivity contribution in [2.24, 2.45) is 0 Å². The van der Waals surface area contributed by atoms with Crippen LogP contribution in [0, 0.1) is 18.3 Å². The first-order valence-corrected chi connectivity index (χ1v) is 13.5. The Morgan fingerprint density at radius 2 is 1.74 bits per heavy atom. The van der Waals surface area contributed by atoms with Crippen LogP contribution in [0.4, 0.5) is 10.7 Å². The van der Waals surface area contributed by atoms with E-state index in [1.54, 1.807) is 36.4 Å². The molecule has 2 heterocycles. The summed E-state index contributed by atoms with van der Waals surface area (Å²) in [7, 11) is -3.89. The number of thiophene rings is 1. The Balaban J connectivity index is 1.66. The molecule has 0 saturated heterocycles. The van der Waals surface area contributed by atoms with Gasteiger partial charge in [0.25, 0.3) is 15.9 Å². The Morgan fingerprint density at radius 1 is 1.09 bits per heavy atom. The van der Waals surface area contributed by atoms with Crippen LogP contribution in [0.5, 0.6) is 0 Å². The average Bonchev–Trinajstić information content (AvgIpc) is 3.10. The minimum atomic E-state index is -3.89. The van der Waals surface area contributed by atoms with E-state index in [9.17, 15) is 18.5 Å². The van der Waals surface area contributed by atoms with Crippen LogP contribution in [-0.2, 0) is 22.0 Å². The second-order valence-electron chi connectivity index (χ2n) is 9.95. The van der Waals surface area contributed by atoms with Crippen molar-refractivity contribution in [2.45, 2.75) is 57.0 Å². The Hall–Kier alpha value is -3.19. The monoisotopic (exact) mass is 508 g/mol. The highest BCUT2D eigenvalue weighted by Crippen LogP contribution is 2.44. The Bertz CT molecular complexity index is 1450. The molecule has 1 aromatic heterocycles. The van der Waals surface area contributed by atoms with Gasteiger partial charge in [0, 0.05) is 16.0 Å². The number of fused-ring (bicyclic) bond motifs is 1. The normalized spacial score (nSPS) is 16.1. The van der Waals surface area contributed by atoms with Gasteiger partial charge in [-0.3, -0.25) is 9.52 Å². The standard InChI is InChI=1S/C26H28N4O3S2/c1-16-10-12-17(13-11-16)35(32,33)29-21-9-7-6-8-18(21)23(31)28-24-20(15-27)19-14-25(2,3)30-26(4,5)22(19)34-24/h6-13,29-30H,14H2,1-5H3,(H,28,31). The van der Waals surface area contributed by atoms with E-state index in [0.717, 1.165) is 16.0 Å². The molecule has 2 aromatic carbocycles. The molecule has 1 aliphatic heterocycles. The minimum Gasteiger partial charge on any atom is -0.312 e. The zero-order valence-corrected chi connectivity index (χ0v) is 21.9. The molecule has 0 atom stereocenters. The molecule has 0 aliphatic carbocycles. The smallest absolute Gasteiger partial charge is 0.261 e. The lowest BCUT2D eigenvalue weighted by Gasteiger charge is -2.42. The molecule has 0 spiro atoms. The van der Waals surface area contributed by atoms with E-state index >= 15 is 0 Å². The second kappa shape index (κ2) is 8.79. The third-order valence-electron chi connectivity index (χ3n) is 5.93. The fourth-order valence-electron chi connectivity index (χ4n) is 4.60. The van der Waals surface area contributed by atoms with Gasteiger partial charge in [-0.25, -0.2) is 8.42 Å². The van der Waals surface area contributed by atoms with Gasteiger partial charge >= 0.3 is 0 Å². The number of nitrogens with one attached hydrogen (secondary N) is 3. The van der Waals surface area contributed by atoms with E-state index < -0.39 is 15.9 Å². The summed E-state index contributed by atoms with van der Waals surface area (Å²) in [6.45, 7) is 10.2. The number of hydrogen-bond acceptors (Lipinski definition) is 6. The van der Waals surface area contributed by atoms with Crippen molar-refractivity contribution < 1.29 is 13.2 Å². The summed E-state index contributed by atoms with van der Waals surface area (Å²) >= 11 is 1.38. The number of carbonyl (C=O) groups excluding carboxylic acids is 1. The molecule has 35 heavy (non-hydrogen) atoms. The van der Waals surface area contributed by atoms with Crippen molar-refractivity contribution in [3.8, 4) is 6.07 Å². The van der Waals surface area contributed by atoms with Gasteiger partial charge in [-0.1, -0.05) is 29.8 Å². The van der Waals surface area contributed by atoms with Gasteiger partial charge < -0.3 is 10.6 Å². The van der Waals surface area contributed by atoms with Crippen molar-refractivity contribution >= 4 is 38.0 Å². The van der Waals surface area contributed by atoms with E-state index in [4.69, 9.17) is 0 Å². The predicted octanol–water partition coefficient (Wildman–Crippen LogP) is 5.14. The van der Waals surface area contributed by atoms with E-state index in [1.165, 1.54) is 23.5 Å². The highest BCUT2D eigenvalue weighted by atomic mass is 32.2. The molecule has 0 unspecified atom stereocenters. The lowest BCUT2D eigenvalue weighted by molar-refractivity contribution is 0.102. The molecule has 0 saturated carbocycles. The first-order chi connectivity index (χ1) is 16.3. The fourth-order valence-corrected chi connectivity index (χ4v) is 6.90. The highest BCUT2D eigenvalue weighted by Gasteiger charge is 2.40.